The molecule has 3 heterocycles. The standard InChI is InChI=1S/C21H18N4O6S3/c1-11(2)34(28,29)21-24-33-20-23-18(26)13(17(22)25(20)21)9-12-6-7-14(15(10-12)30-3)31-19(27)16-5-4-8-32-16/h4-11,22H,1-3H3/b13-9-,22-17?. The van der Waals surface area contributed by atoms with Crippen molar-refractivity contribution >= 4 is 67.2 Å². The van der Waals surface area contributed by atoms with E-state index in [9.17, 15) is 18.0 Å². The number of amidine groups is 3. The zero-order chi connectivity index (χ0) is 24.6. The van der Waals surface area contributed by atoms with Gasteiger partial charge in [0.1, 0.15) is 10.7 Å². The third-order valence-corrected chi connectivity index (χ3v) is 8.48. The number of carbonyl (C=O) groups is 2. The number of benzene rings is 1. The van der Waals surface area contributed by atoms with E-state index < -0.39 is 27.0 Å². The fraction of sp³-hybridized carbons (Fsp3) is 0.190. The minimum Gasteiger partial charge on any atom is -0.493 e. The number of nitrogens with one attached hydrogen (secondary N) is 1. The van der Waals surface area contributed by atoms with Crippen LogP contribution in [0.25, 0.3) is 6.08 Å². The van der Waals surface area contributed by atoms with Crippen LogP contribution in [0.4, 0.5) is 0 Å². The van der Waals surface area contributed by atoms with Crippen molar-refractivity contribution in [1.82, 2.24) is 4.90 Å². The van der Waals surface area contributed by atoms with Gasteiger partial charge in [-0.25, -0.2) is 18.1 Å². The molecule has 10 nitrogen and oxygen atoms in total. The molecule has 1 aromatic carbocycles. The van der Waals surface area contributed by atoms with E-state index in [0.717, 1.165) is 16.8 Å². The molecule has 2 aromatic rings. The molecule has 176 valence electrons. The topological polar surface area (TPSA) is 139 Å². The highest BCUT2D eigenvalue weighted by molar-refractivity contribution is 8.16. The lowest BCUT2D eigenvalue weighted by atomic mass is 10.1. The first-order valence-corrected chi connectivity index (χ1v) is 13.0. The third kappa shape index (κ3) is 4.29. The zero-order valence-corrected chi connectivity index (χ0v) is 20.6. The van der Waals surface area contributed by atoms with Gasteiger partial charge in [0.2, 0.25) is 20.2 Å². The Bertz CT molecular complexity index is 1390. The summed E-state index contributed by atoms with van der Waals surface area (Å²) in [5.41, 5.74) is 0.333. The SMILES string of the molecule is COc1cc(/C=C2/C(=N)N3C(=NC2=O)SN=C3S(=O)(=O)C(C)C)ccc1OC(=O)c1cccs1. The molecule has 0 aliphatic carbocycles. The maximum Gasteiger partial charge on any atom is 0.353 e. The van der Waals surface area contributed by atoms with Crippen molar-refractivity contribution in [2.45, 2.75) is 19.1 Å². The minimum absolute atomic E-state index is 0.0137. The number of nitrogens with zero attached hydrogens (tertiary/aromatic N) is 3. The second-order valence-electron chi connectivity index (χ2n) is 7.28. The van der Waals surface area contributed by atoms with E-state index in [1.54, 1.807) is 23.6 Å². The van der Waals surface area contributed by atoms with Crippen LogP contribution in [0.2, 0.25) is 0 Å². The van der Waals surface area contributed by atoms with Gasteiger partial charge in [0.15, 0.2) is 11.5 Å². The summed E-state index contributed by atoms with van der Waals surface area (Å²) >= 11 is 1.98. The van der Waals surface area contributed by atoms with Crippen LogP contribution < -0.4 is 9.47 Å². The van der Waals surface area contributed by atoms with Crippen molar-refractivity contribution in [3.8, 4) is 11.5 Å². The summed E-state index contributed by atoms with van der Waals surface area (Å²) < 4.78 is 40.0. The molecule has 2 aliphatic heterocycles. The normalized spacial score (nSPS) is 17.1. The average molecular weight is 519 g/mol. The summed E-state index contributed by atoms with van der Waals surface area (Å²) in [5, 5.41) is 9.19. The lowest BCUT2D eigenvalue weighted by Crippen LogP contribution is -2.46. The smallest absolute Gasteiger partial charge is 0.353 e. The van der Waals surface area contributed by atoms with Crippen molar-refractivity contribution < 1.29 is 27.5 Å². The second-order valence-corrected chi connectivity index (χ2v) is 11.4. The van der Waals surface area contributed by atoms with Crippen molar-refractivity contribution in [3.63, 3.8) is 0 Å². The predicted octanol–water partition coefficient (Wildman–Crippen LogP) is 3.38. The maximum atomic E-state index is 12.7. The molecule has 0 radical (unpaired) electrons. The van der Waals surface area contributed by atoms with Gasteiger partial charge < -0.3 is 9.47 Å². The van der Waals surface area contributed by atoms with Crippen molar-refractivity contribution in [2.24, 2.45) is 9.39 Å². The number of thiophene rings is 1. The molecule has 4 rings (SSSR count). The molecule has 1 N–H and O–H groups in total. The lowest BCUT2D eigenvalue weighted by molar-refractivity contribution is -0.114. The molecule has 1 aromatic heterocycles. The molecule has 0 atom stereocenters. The third-order valence-electron chi connectivity index (χ3n) is 4.79. The van der Waals surface area contributed by atoms with E-state index >= 15 is 0 Å². The van der Waals surface area contributed by atoms with Crippen LogP contribution in [0.3, 0.4) is 0 Å². The molecule has 0 saturated heterocycles. The fourth-order valence-electron chi connectivity index (χ4n) is 2.96. The number of esters is 1. The van der Waals surface area contributed by atoms with Crippen molar-refractivity contribution in [2.75, 3.05) is 7.11 Å². The number of methoxy groups -OCH3 is 1. The van der Waals surface area contributed by atoms with E-state index in [0.29, 0.717) is 10.4 Å². The van der Waals surface area contributed by atoms with Gasteiger partial charge in [-0.15, -0.1) is 11.3 Å². The molecule has 1 amide bonds. The number of sulfone groups is 1. The highest BCUT2D eigenvalue weighted by Crippen LogP contribution is 2.33. The van der Waals surface area contributed by atoms with E-state index in [2.05, 4.69) is 9.39 Å². The molecule has 2 aliphatic rings. The van der Waals surface area contributed by atoms with E-state index in [-0.39, 0.29) is 33.2 Å². The first kappa shape index (κ1) is 23.9. The van der Waals surface area contributed by atoms with E-state index in [4.69, 9.17) is 14.9 Å². The summed E-state index contributed by atoms with van der Waals surface area (Å²) in [6, 6.07) is 7.98. The molecule has 0 saturated carbocycles. The minimum atomic E-state index is -3.81. The van der Waals surface area contributed by atoms with Gasteiger partial charge in [0, 0.05) is 0 Å². The molecule has 0 unspecified atom stereocenters. The number of ether oxygens (including phenoxy) is 2. The zero-order valence-electron chi connectivity index (χ0n) is 18.1. The Kier molecular flexibility index (Phi) is 6.43. The number of hydrogen-bond donors (Lipinski definition) is 1. The fourth-order valence-corrected chi connectivity index (χ4v) is 5.63. The van der Waals surface area contributed by atoms with Crippen LogP contribution in [0.5, 0.6) is 11.5 Å². The number of rotatable bonds is 5. The van der Waals surface area contributed by atoms with Crippen LogP contribution in [0.1, 0.15) is 29.1 Å². The number of hydrogen-bond acceptors (Lipinski definition) is 10. The highest BCUT2D eigenvalue weighted by Gasteiger charge is 2.43. The lowest BCUT2D eigenvalue weighted by Gasteiger charge is -2.25. The summed E-state index contributed by atoms with van der Waals surface area (Å²) in [5.74, 6) is -1.17. The first-order valence-electron chi connectivity index (χ1n) is 9.80. The summed E-state index contributed by atoms with van der Waals surface area (Å²) in [6.07, 6.45) is 1.39. The maximum absolute atomic E-state index is 12.7. The van der Waals surface area contributed by atoms with E-state index in [1.807, 2.05) is 0 Å². The van der Waals surface area contributed by atoms with Gasteiger partial charge in [-0.2, -0.15) is 9.39 Å². The number of carbonyl (C=O) groups excluding carboxylic acids is 2. The summed E-state index contributed by atoms with van der Waals surface area (Å²) in [7, 11) is -2.41. The number of amides is 1. The molecular formula is C21H18N4O6S3. The van der Waals surface area contributed by atoms with Crippen molar-refractivity contribution in [1.29, 1.82) is 5.41 Å². The van der Waals surface area contributed by atoms with Crippen LogP contribution in [-0.4, -0.2) is 53.7 Å². The second kappa shape index (κ2) is 9.16. The first-order chi connectivity index (χ1) is 16.1. The van der Waals surface area contributed by atoms with Gasteiger partial charge in [0.05, 0.1) is 29.9 Å². The summed E-state index contributed by atoms with van der Waals surface area (Å²) in [4.78, 5) is 30.3. The Hall–Kier alpha value is -3.29. The molecule has 0 bridgehead atoms. The van der Waals surface area contributed by atoms with Gasteiger partial charge in [-0.1, -0.05) is 12.1 Å². The average Bonchev–Trinajstić information content (AvgIpc) is 3.48. The van der Waals surface area contributed by atoms with Crippen LogP contribution >= 0.6 is 23.3 Å². The monoisotopic (exact) mass is 518 g/mol. The molecule has 0 spiro atoms. The Balaban J connectivity index is 1.65. The van der Waals surface area contributed by atoms with Gasteiger partial charge in [-0.05, 0) is 49.1 Å². The predicted molar refractivity (Wildman–Crippen MR) is 131 cm³/mol. The number of fused-ring (bicyclic) bond motifs is 1. The van der Waals surface area contributed by atoms with Crippen molar-refractivity contribution in [3.05, 3.63) is 51.7 Å². The van der Waals surface area contributed by atoms with Crippen LogP contribution in [0.15, 0.2) is 50.7 Å². The van der Waals surface area contributed by atoms with Gasteiger partial charge >= 0.3 is 5.97 Å². The Morgan fingerprint density at radius 2 is 2.00 bits per heavy atom. The quantitative estimate of drug-likeness (QED) is 0.275. The van der Waals surface area contributed by atoms with Crippen LogP contribution in [0, 0.1) is 5.41 Å². The molecule has 34 heavy (non-hydrogen) atoms. The Morgan fingerprint density at radius 1 is 1.24 bits per heavy atom. The molecule has 0 fully saturated rings. The summed E-state index contributed by atoms with van der Waals surface area (Å²) in [6.45, 7) is 3.01. The molecular weight excluding hydrogens is 500 g/mol. The highest BCUT2D eigenvalue weighted by atomic mass is 32.2. The Morgan fingerprint density at radius 3 is 2.65 bits per heavy atom. The largest absolute Gasteiger partial charge is 0.493 e. The van der Waals surface area contributed by atoms with Gasteiger partial charge in [-0.3, -0.25) is 10.2 Å². The van der Waals surface area contributed by atoms with Crippen LogP contribution in [-0.2, 0) is 14.6 Å². The molecule has 13 heteroatoms. The Labute approximate surface area is 203 Å². The van der Waals surface area contributed by atoms with E-state index in [1.165, 1.54) is 50.5 Å². The number of aliphatic imine (C=N–C) groups is 1. The van der Waals surface area contributed by atoms with Gasteiger partial charge in [0.25, 0.3) is 5.91 Å².